The maximum Gasteiger partial charge on any atom is 0.344 e. The van der Waals surface area contributed by atoms with Crippen molar-refractivity contribution in [1.82, 2.24) is 5.32 Å². The molecule has 1 aromatic carbocycles. The van der Waals surface area contributed by atoms with Crippen molar-refractivity contribution in [3.05, 3.63) is 35.4 Å². The number of carbonyl (C=O) groups excluding carboxylic acids is 2. The maximum absolute atomic E-state index is 13.6. The van der Waals surface area contributed by atoms with Crippen molar-refractivity contribution in [1.29, 1.82) is 0 Å². The largest absolute Gasteiger partial charge is 0.449 e. The van der Waals surface area contributed by atoms with Gasteiger partial charge in [-0.05, 0) is 63.0 Å². The van der Waals surface area contributed by atoms with Crippen LogP contribution in [0.5, 0.6) is 0 Å². The van der Waals surface area contributed by atoms with E-state index in [0.29, 0.717) is 11.8 Å². The second-order valence-electron chi connectivity index (χ2n) is 7.28. The van der Waals surface area contributed by atoms with Gasteiger partial charge in [0.15, 0.2) is 6.10 Å². The number of halogens is 2. The third-order valence-corrected chi connectivity index (χ3v) is 5.62. The summed E-state index contributed by atoms with van der Waals surface area (Å²) in [4.78, 5) is 24.2. The number of rotatable bonds is 5. The molecule has 1 aromatic rings. The van der Waals surface area contributed by atoms with E-state index in [1.807, 2.05) is 6.92 Å². The molecule has 6 heteroatoms. The highest BCUT2D eigenvalue weighted by Gasteiger charge is 2.42. The second kappa shape index (κ2) is 7.10. The first-order valence-electron chi connectivity index (χ1n) is 8.82. The predicted octanol–water partition coefficient (Wildman–Crippen LogP) is 3.45. The van der Waals surface area contributed by atoms with Crippen molar-refractivity contribution >= 4 is 11.9 Å². The lowest BCUT2D eigenvalue weighted by molar-refractivity contribution is -0.130. The number of carbonyl (C=O) groups is 2. The van der Waals surface area contributed by atoms with Crippen molar-refractivity contribution in [3.8, 4) is 0 Å². The smallest absolute Gasteiger partial charge is 0.344 e. The Morgan fingerprint density at radius 3 is 2.40 bits per heavy atom. The topological polar surface area (TPSA) is 55.4 Å². The van der Waals surface area contributed by atoms with E-state index < -0.39 is 35.2 Å². The van der Waals surface area contributed by atoms with Gasteiger partial charge in [-0.2, -0.15) is 0 Å². The third kappa shape index (κ3) is 3.67. The molecule has 1 N–H and O–H groups in total. The van der Waals surface area contributed by atoms with Crippen LogP contribution in [0, 0.1) is 29.4 Å². The molecular weight excluding hydrogens is 328 g/mol. The van der Waals surface area contributed by atoms with Crippen LogP contribution in [0.3, 0.4) is 0 Å². The molecule has 2 fully saturated rings. The Balaban J connectivity index is 1.56. The van der Waals surface area contributed by atoms with Gasteiger partial charge in [-0.25, -0.2) is 13.6 Å². The fraction of sp³-hybridized carbons (Fsp3) is 0.579. The van der Waals surface area contributed by atoms with Crippen molar-refractivity contribution in [3.63, 3.8) is 0 Å². The normalized spacial score (nSPS) is 27.0. The van der Waals surface area contributed by atoms with Gasteiger partial charge >= 0.3 is 5.97 Å². The summed E-state index contributed by atoms with van der Waals surface area (Å²) in [7, 11) is 0. The quantitative estimate of drug-likeness (QED) is 0.827. The van der Waals surface area contributed by atoms with Crippen LogP contribution in [0.2, 0.25) is 0 Å². The number of amides is 1. The van der Waals surface area contributed by atoms with Gasteiger partial charge in [-0.3, -0.25) is 4.79 Å². The van der Waals surface area contributed by atoms with Crippen LogP contribution in [0.4, 0.5) is 8.78 Å². The SMILES string of the molecule is C[C@H](OC(=O)c1c(F)cccc1F)C(=O)N[C@H](C)[C@H]1C[C@H]2CC[C@H]1C2. The summed E-state index contributed by atoms with van der Waals surface area (Å²) < 4.78 is 32.2. The highest BCUT2D eigenvalue weighted by Crippen LogP contribution is 2.49. The van der Waals surface area contributed by atoms with Gasteiger partial charge in [-0.1, -0.05) is 12.5 Å². The summed E-state index contributed by atoms with van der Waals surface area (Å²) in [5.74, 6) is -1.75. The summed E-state index contributed by atoms with van der Waals surface area (Å²) in [6.45, 7) is 3.37. The Morgan fingerprint density at radius 1 is 1.16 bits per heavy atom. The number of ether oxygens (including phenoxy) is 1. The van der Waals surface area contributed by atoms with Gasteiger partial charge in [0.25, 0.3) is 5.91 Å². The Kier molecular flexibility index (Phi) is 5.06. The zero-order valence-electron chi connectivity index (χ0n) is 14.4. The lowest BCUT2D eigenvalue weighted by Crippen LogP contribution is -2.45. The van der Waals surface area contributed by atoms with Gasteiger partial charge < -0.3 is 10.1 Å². The van der Waals surface area contributed by atoms with Crippen molar-refractivity contribution in [2.45, 2.75) is 51.7 Å². The molecule has 136 valence electrons. The molecule has 0 unspecified atom stereocenters. The van der Waals surface area contributed by atoms with Gasteiger partial charge in [-0.15, -0.1) is 0 Å². The van der Waals surface area contributed by atoms with Gasteiger partial charge in [0.1, 0.15) is 17.2 Å². The van der Waals surface area contributed by atoms with Gasteiger partial charge in [0.2, 0.25) is 0 Å². The first kappa shape index (κ1) is 17.8. The molecule has 0 heterocycles. The highest BCUT2D eigenvalue weighted by molar-refractivity contribution is 5.92. The van der Waals surface area contributed by atoms with Gasteiger partial charge in [0, 0.05) is 6.04 Å². The first-order chi connectivity index (χ1) is 11.9. The minimum atomic E-state index is -1.18. The summed E-state index contributed by atoms with van der Waals surface area (Å²) in [6.07, 6.45) is 3.74. The Bertz CT molecular complexity index is 658. The van der Waals surface area contributed by atoms with Crippen LogP contribution in [0.25, 0.3) is 0 Å². The molecule has 0 aromatic heterocycles. The number of nitrogens with one attached hydrogen (secondary N) is 1. The van der Waals surface area contributed by atoms with E-state index in [4.69, 9.17) is 4.74 Å². The van der Waals surface area contributed by atoms with Crippen molar-refractivity contribution in [2.24, 2.45) is 17.8 Å². The average molecular weight is 351 g/mol. The summed E-state index contributed by atoms with van der Waals surface area (Å²) in [5.41, 5.74) is -0.775. The van der Waals surface area contributed by atoms with E-state index in [1.54, 1.807) is 0 Å². The third-order valence-electron chi connectivity index (χ3n) is 5.62. The van der Waals surface area contributed by atoms with E-state index >= 15 is 0 Å². The summed E-state index contributed by atoms with van der Waals surface area (Å²) in [6, 6.07) is 3.10. The zero-order chi connectivity index (χ0) is 18.1. The zero-order valence-corrected chi connectivity index (χ0v) is 14.4. The number of hydrogen-bond acceptors (Lipinski definition) is 3. The van der Waals surface area contributed by atoms with Gasteiger partial charge in [0.05, 0.1) is 0 Å². The highest BCUT2D eigenvalue weighted by atomic mass is 19.1. The minimum Gasteiger partial charge on any atom is -0.449 e. The van der Waals surface area contributed by atoms with Crippen LogP contribution < -0.4 is 5.32 Å². The number of benzene rings is 1. The van der Waals surface area contributed by atoms with E-state index in [0.717, 1.165) is 30.5 Å². The average Bonchev–Trinajstić information content (AvgIpc) is 3.17. The molecule has 2 aliphatic rings. The predicted molar refractivity (Wildman–Crippen MR) is 87.8 cm³/mol. The molecule has 0 spiro atoms. The maximum atomic E-state index is 13.6. The summed E-state index contributed by atoms with van der Waals surface area (Å²) >= 11 is 0. The molecule has 0 saturated heterocycles. The molecule has 2 aliphatic carbocycles. The van der Waals surface area contributed by atoms with Crippen LogP contribution >= 0.6 is 0 Å². The fourth-order valence-corrected chi connectivity index (χ4v) is 4.32. The molecule has 5 atom stereocenters. The van der Waals surface area contributed by atoms with Crippen molar-refractivity contribution < 1.29 is 23.1 Å². The molecule has 1 amide bonds. The molecule has 2 saturated carbocycles. The van der Waals surface area contributed by atoms with E-state index in [1.165, 1.54) is 26.2 Å². The van der Waals surface area contributed by atoms with E-state index in [-0.39, 0.29) is 6.04 Å². The monoisotopic (exact) mass is 351 g/mol. The molecule has 4 nitrogen and oxygen atoms in total. The standard InChI is InChI=1S/C19H23F2NO3/c1-10(14-9-12-6-7-13(14)8-12)22-18(23)11(2)25-19(24)17-15(20)4-3-5-16(17)21/h3-5,10-14H,6-9H2,1-2H3,(H,22,23)/t10-,11+,12+,13+,14-/m1/s1. The molecular formula is C19H23F2NO3. The molecule has 2 bridgehead atoms. The first-order valence-corrected chi connectivity index (χ1v) is 8.82. The second-order valence-corrected chi connectivity index (χ2v) is 7.28. The van der Waals surface area contributed by atoms with Crippen LogP contribution in [0.15, 0.2) is 18.2 Å². The molecule has 25 heavy (non-hydrogen) atoms. The van der Waals surface area contributed by atoms with Crippen LogP contribution in [-0.4, -0.2) is 24.0 Å². The Morgan fingerprint density at radius 2 is 1.84 bits per heavy atom. The fourth-order valence-electron chi connectivity index (χ4n) is 4.32. The number of fused-ring (bicyclic) bond motifs is 2. The van der Waals surface area contributed by atoms with E-state index in [9.17, 15) is 18.4 Å². The molecule has 0 radical (unpaired) electrons. The van der Waals surface area contributed by atoms with Crippen molar-refractivity contribution in [2.75, 3.05) is 0 Å². The molecule has 0 aliphatic heterocycles. The lowest BCUT2D eigenvalue weighted by Gasteiger charge is -2.29. The van der Waals surface area contributed by atoms with Crippen LogP contribution in [-0.2, 0) is 9.53 Å². The minimum absolute atomic E-state index is 0.00542. The summed E-state index contributed by atoms with van der Waals surface area (Å²) in [5, 5.41) is 2.89. The number of hydrogen-bond donors (Lipinski definition) is 1. The Hall–Kier alpha value is -1.98. The lowest BCUT2D eigenvalue weighted by atomic mass is 9.84. The Labute approximate surface area is 145 Å². The number of esters is 1. The molecule has 3 rings (SSSR count). The van der Waals surface area contributed by atoms with Crippen LogP contribution in [0.1, 0.15) is 49.9 Å². The van der Waals surface area contributed by atoms with E-state index in [2.05, 4.69) is 5.32 Å².